The molecule has 1 heterocycles. The van der Waals surface area contributed by atoms with Crippen LogP contribution in [0.4, 0.5) is 5.13 Å². The molecule has 0 atom stereocenters. The minimum Gasteiger partial charge on any atom is -0.492 e. The normalized spacial score (nSPS) is 11.7. The van der Waals surface area contributed by atoms with Crippen molar-refractivity contribution in [2.75, 3.05) is 11.9 Å². The number of para-hydroxylation sites is 1. The van der Waals surface area contributed by atoms with E-state index in [-0.39, 0.29) is 10.8 Å². The van der Waals surface area contributed by atoms with Gasteiger partial charge in [0, 0.05) is 5.56 Å². The zero-order chi connectivity index (χ0) is 19.6. The van der Waals surface area contributed by atoms with Crippen molar-refractivity contribution in [2.24, 2.45) is 0 Å². The molecule has 0 saturated carbocycles. The lowest BCUT2D eigenvalue weighted by molar-refractivity contribution is 0.102. The maximum Gasteiger partial charge on any atom is 0.257 e. The number of anilines is 1. The highest BCUT2D eigenvalue weighted by Gasteiger charge is 2.19. The lowest BCUT2D eigenvalue weighted by Crippen LogP contribution is -2.15. The fourth-order valence-corrected chi connectivity index (χ4v) is 4.42. The molecule has 3 rings (SSSR count). The van der Waals surface area contributed by atoms with Crippen LogP contribution in [0.15, 0.2) is 47.4 Å². The number of hydrogen-bond donors (Lipinski definition) is 1. The van der Waals surface area contributed by atoms with Gasteiger partial charge in [0.05, 0.1) is 21.5 Å². The first-order valence-electron chi connectivity index (χ1n) is 8.50. The molecule has 0 fully saturated rings. The smallest absolute Gasteiger partial charge is 0.257 e. The lowest BCUT2D eigenvalue weighted by Gasteiger charge is -2.08. The van der Waals surface area contributed by atoms with E-state index in [1.165, 1.54) is 35.6 Å². The highest BCUT2D eigenvalue weighted by atomic mass is 32.2. The van der Waals surface area contributed by atoms with E-state index in [2.05, 4.69) is 10.3 Å². The lowest BCUT2D eigenvalue weighted by atomic mass is 10.2. The van der Waals surface area contributed by atoms with E-state index in [0.29, 0.717) is 28.6 Å². The first-order valence-corrected chi connectivity index (χ1v) is 10.9. The average molecular weight is 405 g/mol. The highest BCUT2D eigenvalue weighted by molar-refractivity contribution is 7.92. The first-order chi connectivity index (χ1) is 12.8. The van der Waals surface area contributed by atoms with Crippen LogP contribution in [0.3, 0.4) is 0 Å². The number of nitrogens with one attached hydrogen (secondary N) is 1. The largest absolute Gasteiger partial charge is 0.492 e. The number of carbonyl (C=O) groups is 1. The third-order valence-corrected chi connectivity index (χ3v) is 7.07. The fourth-order valence-electron chi connectivity index (χ4n) is 2.49. The molecule has 0 aliphatic heterocycles. The minimum atomic E-state index is -3.36. The quantitative estimate of drug-likeness (QED) is 0.668. The van der Waals surface area contributed by atoms with Gasteiger partial charge in [-0.05, 0) is 57.2 Å². The molecule has 0 aliphatic rings. The van der Waals surface area contributed by atoms with Gasteiger partial charge in [0.15, 0.2) is 15.0 Å². The Labute approximate surface area is 162 Å². The van der Waals surface area contributed by atoms with Crippen LogP contribution in [0.2, 0.25) is 0 Å². The van der Waals surface area contributed by atoms with Crippen molar-refractivity contribution in [3.63, 3.8) is 0 Å². The second-order valence-corrected chi connectivity index (χ2v) is 9.66. The Balaban J connectivity index is 1.81. The molecule has 0 saturated heterocycles. The van der Waals surface area contributed by atoms with Crippen LogP contribution in [0, 0.1) is 0 Å². The highest BCUT2D eigenvalue weighted by Crippen LogP contribution is 2.32. The monoisotopic (exact) mass is 404 g/mol. The van der Waals surface area contributed by atoms with Crippen LogP contribution in [0.1, 0.15) is 31.1 Å². The third-order valence-electron chi connectivity index (χ3n) is 3.97. The predicted octanol–water partition coefficient (Wildman–Crippen LogP) is 4.13. The molecule has 0 spiro atoms. The number of fused-ring (bicyclic) bond motifs is 1. The summed E-state index contributed by atoms with van der Waals surface area (Å²) in [6, 6.07) is 11.5. The van der Waals surface area contributed by atoms with Crippen molar-refractivity contribution in [3.05, 3.63) is 48.0 Å². The number of thiazole rings is 1. The average Bonchev–Trinajstić information content (AvgIpc) is 3.05. The number of amides is 1. The molecule has 0 unspecified atom stereocenters. The Morgan fingerprint density at radius 1 is 1.19 bits per heavy atom. The molecule has 1 aromatic heterocycles. The summed E-state index contributed by atoms with van der Waals surface area (Å²) in [5.41, 5.74) is 1.07. The Kier molecular flexibility index (Phi) is 5.48. The van der Waals surface area contributed by atoms with Crippen LogP contribution in [0.5, 0.6) is 5.75 Å². The second-order valence-electron chi connectivity index (χ2n) is 6.13. The van der Waals surface area contributed by atoms with Gasteiger partial charge in [0.2, 0.25) is 0 Å². The van der Waals surface area contributed by atoms with Crippen molar-refractivity contribution in [1.82, 2.24) is 4.98 Å². The molecule has 0 aliphatic carbocycles. The molecule has 3 aromatic rings. The number of carbonyl (C=O) groups excluding carboxylic acids is 1. The van der Waals surface area contributed by atoms with E-state index in [9.17, 15) is 13.2 Å². The maximum atomic E-state index is 12.5. The van der Waals surface area contributed by atoms with E-state index in [0.717, 1.165) is 4.70 Å². The van der Waals surface area contributed by atoms with Crippen molar-refractivity contribution in [2.45, 2.75) is 30.9 Å². The van der Waals surface area contributed by atoms with Gasteiger partial charge in [-0.25, -0.2) is 13.4 Å². The van der Waals surface area contributed by atoms with E-state index in [1.54, 1.807) is 13.8 Å². The summed E-state index contributed by atoms with van der Waals surface area (Å²) in [6.07, 6.45) is 0. The van der Waals surface area contributed by atoms with Gasteiger partial charge in [-0.3, -0.25) is 10.1 Å². The summed E-state index contributed by atoms with van der Waals surface area (Å²) >= 11 is 1.35. The summed E-state index contributed by atoms with van der Waals surface area (Å²) in [4.78, 5) is 17.1. The zero-order valence-electron chi connectivity index (χ0n) is 15.2. The molecule has 142 valence electrons. The minimum absolute atomic E-state index is 0.204. The van der Waals surface area contributed by atoms with Crippen molar-refractivity contribution in [3.8, 4) is 5.75 Å². The molecular weight excluding hydrogens is 384 g/mol. The number of rotatable bonds is 6. The van der Waals surface area contributed by atoms with Crippen molar-refractivity contribution < 1.29 is 17.9 Å². The number of ether oxygens (including phenoxy) is 1. The van der Waals surface area contributed by atoms with Gasteiger partial charge in [0.1, 0.15) is 11.3 Å². The molecule has 8 heteroatoms. The number of hydrogen-bond acceptors (Lipinski definition) is 6. The Bertz CT molecular complexity index is 1070. The summed E-state index contributed by atoms with van der Waals surface area (Å²) in [5, 5.41) is 2.71. The number of sulfone groups is 1. The van der Waals surface area contributed by atoms with Crippen LogP contribution >= 0.6 is 11.3 Å². The molecular formula is C19H20N2O4S2. The molecule has 6 nitrogen and oxygen atoms in total. The van der Waals surface area contributed by atoms with Crippen LogP contribution < -0.4 is 10.1 Å². The van der Waals surface area contributed by atoms with Gasteiger partial charge in [0.25, 0.3) is 5.91 Å². The molecule has 27 heavy (non-hydrogen) atoms. The van der Waals surface area contributed by atoms with Gasteiger partial charge in [-0.15, -0.1) is 0 Å². The Hall–Kier alpha value is -2.45. The van der Waals surface area contributed by atoms with Crippen LogP contribution in [-0.2, 0) is 9.84 Å². The van der Waals surface area contributed by atoms with Gasteiger partial charge in [-0.1, -0.05) is 17.4 Å². The molecule has 0 radical (unpaired) electrons. The molecule has 0 bridgehead atoms. The van der Waals surface area contributed by atoms with E-state index in [1.807, 2.05) is 25.1 Å². The SMILES string of the molecule is CCOc1cccc2sc(NC(=O)c3ccc(S(=O)(=O)C(C)C)cc3)nc12. The van der Waals surface area contributed by atoms with Crippen LogP contribution in [-0.4, -0.2) is 31.2 Å². The maximum absolute atomic E-state index is 12.5. The van der Waals surface area contributed by atoms with E-state index < -0.39 is 15.1 Å². The van der Waals surface area contributed by atoms with Gasteiger partial charge < -0.3 is 4.74 Å². The topological polar surface area (TPSA) is 85.4 Å². The standard InChI is InChI=1S/C19H20N2O4S2/c1-4-25-15-6-5-7-16-17(15)20-19(26-16)21-18(22)13-8-10-14(11-9-13)27(23,24)12(2)3/h5-12H,4H2,1-3H3,(H,20,21,22). The Morgan fingerprint density at radius 2 is 1.89 bits per heavy atom. The van der Waals surface area contributed by atoms with Crippen LogP contribution in [0.25, 0.3) is 10.2 Å². The fraction of sp³-hybridized carbons (Fsp3) is 0.263. The summed E-state index contributed by atoms with van der Waals surface area (Å²) < 4.78 is 30.8. The Morgan fingerprint density at radius 3 is 2.52 bits per heavy atom. The van der Waals surface area contributed by atoms with Crippen molar-refractivity contribution >= 4 is 42.4 Å². The van der Waals surface area contributed by atoms with Gasteiger partial charge in [-0.2, -0.15) is 0 Å². The summed E-state index contributed by atoms with van der Waals surface area (Å²) in [5.74, 6) is 0.329. The predicted molar refractivity (Wildman–Crippen MR) is 108 cm³/mol. The number of benzene rings is 2. The number of aromatic nitrogens is 1. The van der Waals surface area contributed by atoms with E-state index in [4.69, 9.17) is 4.74 Å². The van der Waals surface area contributed by atoms with Crippen molar-refractivity contribution in [1.29, 1.82) is 0 Å². The third kappa shape index (κ3) is 3.96. The molecule has 1 amide bonds. The second kappa shape index (κ2) is 7.66. The van der Waals surface area contributed by atoms with E-state index >= 15 is 0 Å². The first kappa shape index (κ1) is 19.3. The summed E-state index contributed by atoms with van der Waals surface area (Å²) in [7, 11) is -3.36. The zero-order valence-corrected chi connectivity index (χ0v) is 16.9. The molecule has 1 N–H and O–H groups in total. The van der Waals surface area contributed by atoms with Gasteiger partial charge >= 0.3 is 0 Å². The number of nitrogens with zero attached hydrogens (tertiary/aromatic N) is 1. The molecule has 2 aromatic carbocycles. The summed E-state index contributed by atoms with van der Waals surface area (Å²) in [6.45, 7) is 5.68.